The van der Waals surface area contributed by atoms with Gasteiger partial charge in [0, 0.05) is 27.1 Å². The van der Waals surface area contributed by atoms with Gasteiger partial charge in [0.15, 0.2) is 0 Å². The van der Waals surface area contributed by atoms with Crippen LogP contribution in [0.2, 0.25) is 0 Å². The Morgan fingerprint density at radius 1 is 0.765 bits per heavy atom. The molecule has 1 aliphatic rings. The lowest BCUT2D eigenvalue weighted by atomic mass is 9.76. The average molecular weight is 448 g/mol. The van der Waals surface area contributed by atoms with Crippen molar-refractivity contribution in [2.75, 3.05) is 0 Å². The molecule has 172 valence electrons. The molecule has 0 atom stereocenters. The van der Waals surface area contributed by atoms with Crippen LogP contribution in [0.3, 0.4) is 0 Å². The van der Waals surface area contributed by atoms with Crippen molar-refractivity contribution >= 4 is 32.8 Å². The van der Waals surface area contributed by atoms with Gasteiger partial charge < -0.3 is 4.42 Å². The molecule has 6 rings (SSSR count). The third kappa shape index (κ3) is 3.04. The summed E-state index contributed by atoms with van der Waals surface area (Å²) in [6.45, 7) is 13.8. The standard InChI is InChI=1S/C32H33NO/c1-18(2)15-21-11-13-23-27-28-24(14-12-22(16-19(3)4)31(28)34-30(21)27)32(5,6)25-17-20-9-7-8-10-26(20)33-29(23)25/h7-14,17-19H,15-16H2,1-6H3. The molecule has 0 amide bonds. The topological polar surface area (TPSA) is 26.0 Å². The number of aromatic nitrogens is 1. The van der Waals surface area contributed by atoms with Gasteiger partial charge in [-0.05, 0) is 59.1 Å². The van der Waals surface area contributed by atoms with Crippen molar-refractivity contribution in [2.24, 2.45) is 11.8 Å². The van der Waals surface area contributed by atoms with E-state index in [9.17, 15) is 0 Å². The van der Waals surface area contributed by atoms with E-state index in [0.29, 0.717) is 11.8 Å². The van der Waals surface area contributed by atoms with Crippen molar-refractivity contribution in [1.82, 2.24) is 4.98 Å². The highest BCUT2D eigenvalue weighted by Gasteiger charge is 2.36. The first kappa shape index (κ1) is 21.4. The highest BCUT2D eigenvalue weighted by Crippen LogP contribution is 2.51. The molecule has 0 N–H and O–H groups in total. The SMILES string of the molecule is CC(C)Cc1ccc2c3c1oc1c(CC(C)C)ccc(c13)C(C)(C)c1cc3ccccc3nc1-2. The molecular weight excluding hydrogens is 414 g/mol. The number of rotatable bonds is 4. The second-order valence-electron chi connectivity index (χ2n) is 11.5. The lowest BCUT2D eigenvalue weighted by Gasteiger charge is -2.28. The Morgan fingerprint density at radius 3 is 2.12 bits per heavy atom. The van der Waals surface area contributed by atoms with Gasteiger partial charge in [0.05, 0.1) is 11.2 Å². The number of hydrogen-bond donors (Lipinski definition) is 0. The molecule has 2 heteroatoms. The molecule has 34 heavy (non-hydrogen) atoms. The molecule has 5 aromatic rings. The summed E-state index contributed by atoms with van der Waals surface area (Å²) in [6, 6.07) is 20.1. The first-order valence-corrected chi connectivity index (χ1v) is 12.7. The third-order valence-corrected chi connectivity index (χ3v) is 7.51. The van der Waals surface area contributed by atoms with Gasteiger partial charge >= 0.3 is 0 Å². The molecule has 2 aromatic heterocycles. The highest BCUT2D eigenvalue weighted by molar-refractivity contribution is 6.17. The Balaban J connectivity index is 1.81. The summed E-state index contributed by atoms with van der Waals surface area (Å²) < 4.78 is 6.84. The van der Waals surface area contributed by atoms with E-state index in [1.54, 1.807) is 0 Å². The molecular formula is C32H33NO. The van der Waals surface area contributed by atoms with E-state index >= 15 is 0 Å². The van der Waals surface area contributed by atoms with Gasteiger partial charge in [-0.15, -0.1) is 0 Å². The molecule has 0 fully saturated rings. The maximum atomic E-state index is 6.84. The van der Waals surface area contributed by atoms with Crippen LogP contribution < -0.4 is 0 Å². The zero-order valence-corrected chi connectivity index (χ0v) is 21.1. The van der Waals surface area contributed by atoms with Gasteiger partial charge in [-0.3, -0.25) is 0 Å². The molecule has 0 unspecified atom stereocenters. The van der Waals surface area contributed by atoms with E-state index in [4.69, 9.17) is 9.40 Å². The summed E-state index contributed by atoms with van der Waals surface area (Å²) in [5.41, 5.74) is 10.5. The predicted octanol–water partition coefficient (Wildman–Crippen LogP) is 8.84. The van der Waals surface area contributed by atoms with Crippen molar-refractivity contribution < 1.29 is 4.42 Å². The van der Waals surface area contributed by atoms with Crippen LogP contribution in [0.1, 0.15) is 63.8 Å². The zero-order valence-electron chi connectivity index (χ0n) is 21.1. The first-order chi connectivity index (χ1) is 16.3. The number of furan rings is 1. The molecule has 0 spiro atoms. The van der Waals surface area contributed by atoms with Crippen LogP contribution in [0.15, 0.2) is 59.0 Å². The second kappa shape index (κ2) is 7.43. The monoisotopic (exact) mass is 447 g/mol. The Labute approximate surface area is 202 Å². The fourth-order valence-corrected chi connectivity index (χ4v) is 5.95. The van der Waals surface area contributed by atoms with Gasteiger partial charge in [-0.25, -0.2) is 4.98 Å². The molecule has 2 heterocycles. The van der Waals surface area contributed by atoms with E-state index in [2.05, 4.69) is 96.1 Å². The van der Waals surface area contributed by atoms with Gasteiger partial charge in [0.2, 0.25) is 0 Å². The number of nitrogens with zero attached hydrogens (tertiary/aromatic N) is 1. The first-order valence-electron chi connectivity index (χ1n) is 12.7. The predicted molar refractivity (Wildman–Crippen MR) is 144 cm³/mol. The maximum absolute atomic E-state index is 6.84. The van der Waals surface area contributed by atoms with Gasteiger partial charge in [-0.2, -0.15) is 0 Å². The fourth-order valence-electron chi connectivity index (χ4n) is 5.95. The summed E-state index contributed by atoms with van der Waals surface area (Å²) in [4.78, 5) is 5.27. The molecule has 0 aliphatic heterocycles. The lowest BCUT2D eigenvalue weighted by Crippen LogP contribution is -2.20. The smallest absolute Gasteiger partial charge is 0.139 e. The maximum Gasteiger partial charge on any atom is 0.139 e. The average Bonchev–Trinajstić information content (AvgIpc) is 3.16. The normalized spacial score (nSPS) is 14.6. The van der Waals surface area contributed by atoms with Crippen LogP contribution in [-0.2, 0) is 18.3 Å². The number of para-hydroxylation sites is 1. The minimum absolute atomic E-state index is 0.199. The van der Waals surface area contributed by atoms with E-state index in [0.717, 1.165) is 35.2 Å². The van der Waals surface area contributed by atoms with Gasteiger partial charge in [0.1, 0.15) is 11.2 Å². The molecule has 0 saturated heterocycles. The number of pyridine rings is 1. The van der Waals surface area contributed by atoms with E-state index in [1.807, 2.05) is 0 Å². The third-order valence-electron chi connectivity index (χ3n) is 7.51. The Bertz CT molecular complexity index is 1580. The quantitative estimate of drug-likeness (QED) is 0.275. The Morgan fingerprint density at radius 2 is 1.41 bits per heavy atom. The van der Waals surface area contributed by atoms with Crippen molar-refractivity contribution in [3.05, 3.63) is 76.9 Å². The van der Waals surface area contributed by atoms with E-state index < -0.39 is 0 Å². The molecule has 0 radical (unpaired) electrons. The molecule has 0 saturated carbocycles. The van der Waals surface area contributed by atoms with Crippen LogP contribution in [0.5, 0.6) is 0 Å². The summed E-state index contributed by atoms with van der Waals surface area (Å²) in [6.07, 6.45) is 2.02. The van der Waals surface area contributed by atoms with Crippen molar-refractivity contribution in [3.8, 4) is 11.3 Å². The summed E-state index contributed by atoms with van der Waals surface area (Å²) in [7, 11) is 0. The van der Waals surface area contributed by atoms with E-state index in [1.165, 1.54) is 44.0 Å². The second-order valence-corrected chi connectivity index (χ2v) is 11.5. The number of hydrogen-bond acceptors (Lipinski definition) is 2. The summed E-state index contributed by atoms with van der Waals surface area (Å²) in [5.74, 6) is 1.13. The fraction of sp³-hybridized carbons (Fsp3) is 0.344. The van der Waals surface area contributed by atoms with Gasteiger partial charge in [-0.1, -0.05) is 84.0 Å². The number of benzene rings is 3. The lowest BCUT2D eigenvalue weighted by molar-refractivity contribution is 0.606. The minimum atomic E-state index is -0.199. The van der Waals surface area contributed by atoms with Crippen molar-refractivity contribution in [1.29, 1.82) is 0 Å². The van der Waals surface area contributed by atoms with Crippen molar-refractivity contribution in [3.63, 3.8) is 0 Å². The van der Waals surface area contributed by atoms with Gasteiger partial charge in [0.25, 0.3) is 0 Å². The highest BCUT2D eigenvalue weighted by atomic mass is 16.3. The van der Waals surface area contributed by atoms with Crippen LogP contribution in [0.25, 0.3) is 44.1 Å². The Kier molecular flexibility index (Phi) is 4.68. The molecule has 2 nitrogen and oxygen atoms in total. The minimum Gasteiger partial charge on any atom is -0.455 e. The molecule has 0 bridgehead atoms. The van der Waals surface area contributed by atoms with Crippen molar-refractivity contribution in [2.45, 2.75) is 59.8 Å². The summed E-state index contributed by atoms with van der Waals surface area (Å²) in [5, 5.41) is 3.74. The van der Waals surface area contributed by atoms with Crippen LogP contribution in [-0.4, -0.2) is 4.98 Å². The Hall–Kier alpha value is -3.13. The van der Waals surface area contributed by atoms with Crippen LogP contribution in [0, 0.1) is 11.8 Å². The molecule has 1 aliphatic carbocycles. The molecule has 3 aromatic carbocycles. The zero-order chi connectivity index (χ0) is 23.8. The van der Waals surface area contributed by atoms with Crippen LogP contribution in [0.4, 0.5) is 0 Å². The van der Waals surface area contributed by atoms with Crippen LogP contribution >= 0.6 is 0 Å². The number of fused-ring (bicyclic) bond motifs is 3. The van der Waals surface area contributed by atoms with E-state index in [-0.39, 0.29) is 5.41 Å². The summed E-state index contributed by atoms with van der Waals surface area (Å²) >= 11 is 0. The largest absolute Gasteiger partial charge is 0.455 e.